The van der Waals surface area contributed by atoms with E-state index in [0.29, 0.717) is 11.0 Å². The van der Waals surface area contributed by atoms with Gasteiger partial charge in [-0.25, -0.2) is 0 Å². The Labute approximate surface area is 115 Å². The Bertz CT molecular complexity index is 670. The number of thioether (sulfide) groups is 1. The molecule has 0 atom stereocenters. The lowest BCUT2D eigenvalue weighted by Gasteiger charge is -1.98. The summed E-state index contributed by atoms with van der Waals surface area (Å²) in [6.45, 7) is 1.57. The summed E-state index contributed by atoms with van der Waals surface area (Å²) in [6, 6.07) is 6.93. The van der Waals surface area contributed by atoms with E-state index in [-0.39, 0.29) is 10.5 Å². The van der Waals surface area contributed by atoms with Gasteiger partial charge in [0, 0.05) is 18.7 Å². The molecule has 0 fully saturated rings. The SMILES string of the molecule is CC(=O)SCCC=Cc1ccc2occc(=O)c2c1. The van der Waals surface area contributed by atoms with Crippen LogP contribution in [0.5, 0.6) is 0 Å². The maximum Gasteiger partial charge on any atom is 0.192 e. The van der Waals surface area contributed by atoms with E-state index in [1.54, 1.807) is 13.0 Å². The minimum absolute atomic E-state index is 0.0383. The molecule has 98 valence electrons. The fraction of sp³-hybridized carbons (Fsp3) is 0.200. The first-order chi connectivity index (χ1) is 9.16. The number of allylic oxidation sites excluding steroid dienone is 1. The van der Waals surface area contributed by atoms with Gasteiger partial charge in [-0.2, -0.15) is 0 Å². The van der Waals surface area contributed by atoms with Crippen molar-refractivity contribution < 1.29 is 9.21 Å². The van der Waals surface area contributed by atoms with E-state index in [2.05, 4.69) is 0 Å². The standard InChI is InChI=1S/C15H14O3S/c1-11(16)19-9-3-2-4-12-5-6-15-13(10-12)14(17)7-8-18-15/h2,4-8,10H,3,9H2,1H3. The first-order valence-corrected chi connectivity index (χ1v) is 6.97. The van der Waals surface area contributed by atoms with Gasteiger partial charge in [-0.15, -0.1) is 0 Å². The van der Waals surface area contributed by atoms with Crippen LogP contribution in [0.1, 0.15) is 18.9 Å². The van der Waals surface area contributed by atoms with Crippen LogP contribution in [-0.4, -0.2) is 10.9 Å². The highest BCUT2D eigenvalue weighted by Gasteiger charge is 1.99. The van der Waals surface area contributed by atoms with Crippen molar-refractivity contribution in [2.45, 2.75) is 13.3 Å². The zero-order valence-corrected chi connectivity index (χ0v) is 11.4. The van der Waals surface area contributed by atoms with Crippen LogP contribution >= 0.6 is 11.8 Å². The molecule has 0 aliphatic rings. The summed E-state index contributed by atoms with van der Waals surface area (Å²) in [7, 11) is 0. The number of benzene rings is 1. The van der Waals surface area contributed by atoms with Crippen LogP contribution in [0.15, 0.2) is 45.8 Å². The lowest BCUT2D eigenvalue weighted by atomic mass is 10.1. The Kier molecular flexibility index (Phi) is 4.58. The van der Waals surface area contributed by atoms with Crippen molar-refractivity contribution >= 4 is 33.9 Å². The molecule has 2 rings (SSSR count). The fourth-order valence-corrected chi connectivity index (χ4v) is 2.24. The van der Waals surface area contributed by atoms with E-state index >= 15 is 0 Å². The van der Waals surface area contributed by atoms with Gasteiger partial charge in [0.05, 0.1) is 11.6 Å². The highest BCUT2D eigenvalue weighted by atomic mass is 32.2. The lowest BCUT2D eigenvalue weighted by Crippen LogP contribution is -1.97. The zero-order chi connectivity index (χ0) is 13.7. The molecule has 0 aliphatic carbocycles. The van der Waals surface area contributed by atoms with Crippen LogP contribution in [0, 0.1) is 0 Å². The molecule has 0 radical (unpaired) electrons. The molecular weight excluding hydrogens is 260 g/mol. The summed E-state index contributed by atoms with van der Waals surface area (Å²) in [5, 5.41) is 0.722. The van der Waals surface area contributed by atoms with Gasteiger partial charge >= 0.3 is 0 Å². The van der Waals surface area contributed by atoms with Gasteiger partial charge < -0.3 is 4.42 Å². The van der Waals surface area contributed by atoms with Crippen molar-refractivity contribution in [2.75, 3.05) is 5.75 Å². The molecule has 1 heterocycles. The Morgan fingerprint density at radius 3 is 3.00 bits per heavy atom. The van der Waals surface area contributed by atoms with Gasteiger partial charge in [0.1, 0.15) is 5.58 Å². The van der Waals surface area contributed by atoms with Crippen LogP contribution in [-0.2, 0) is 4.79 Å². The third-order valence-corrected chi connectivity index (χ3v) is 3.43. The molecule has 0 amide bonds. The second-order valence-electron chi connectivity index (χ2n) is 4.07. The van der Waals surface area contributed by atoms with E-state index in [1.165, 1.54) is 24.1 Å². The first kappa shape index (κ1) is 13.6. The van der Waals surface area contributed by atoms with Crippen LogP contribution in [0.2, 0.25) is 0 Å². The smallest absolute Gasteiger partial charge is 0.192 e. The molecular formula is C15H14O3S. The van der Waals surface area contributed by atoms with E-state index in [9.17, 15) is 9.59 Å². The molecule has 3 nitrogen and oxygen atoms in total. The molecule has 4 heteroatoms. The summed E-state index contributed by atoms with van der Waals surface area (Å²) in [5.41, 5.74) is 1.51. The lowest BCUT2D eigenvalue weighted by molar-refractivity contribution is -0.109. The van der Waals surface area contributed by atoms with Crippen LogP contribution in [0.3, 0.4) is 0 Å². The van der Waals surface area contributed by atoms with Crippen molar-refractivity contribution in [1.29, 1.82) is 0 Å². The average molecular weight is 274 g/mol. The van der Waals surface area contributed by atoms with E-state index in [4.69, 9.17) is 4.42 Å². The van der Waals surface area contributed by atoms with Gasteiger partial charge in [0.25, 0.3) is 0 Å². The Morgan fingerprint density at radius 2 is 2.21 bits per heavy atom. The summed E-state index contributed by atoms with van der Waals surface area (Å²) in [6.07, 6.45) is 6.18. The van der Waals surface area contributed by atoms with Gasteiger partial charge in [-0.3, -0.25) is 9.59 Å². The number of hydrogen-bond acceptors (Lipinski definition) is 4. The summed E-state index contributed by atoms with van der Waals surface area (Å²) >= 11 is 1.32. The Morgan fingerprint density at radius 1 is 1.37 bits per heavy atom. The molecule has 0 bridgehead atoms. The molecule has 0 aliphatic heterocycles. The van der Waals surface area contributed by atoms with Crippen LogP contribution < -0.4 is 5.43 Å². The number of carbonyl (C=O) groups is 1. The fourth-order valence-electron chi connectivity index (χ4n) is 1.70. The van der Waals surface area contributed by atoms with Gasteiger partial charge in [0.2, 0.25) is 0 Å². The molecule has 0 saturated heterocycles. The van der Waals surface area contributed by atoms with Gasteiger partial charge in [-0.1, -0.05) is 30.0 Å². The third-order valence-electron chi connectivity index (χ3n) is 2.58. The van der Waals surface area contributed by atoms with E-state index in [0.717, 1.165) is 17.7 Å². The number of fused-ring (bicyclic) bond motifs is 1. The molecule has 2 aromatic rings. The Balaban J connectivity index is 2.09. The largest absolute Gasteiger partial charge is 0.464 e. The maximum atomic E-state index is 11.7. The third kappa shape index (κ3) is 3.83. The number of carbonyl (C=O) groups excluding carboxylic acids is 1. The van der Waals surface area contributed by atoms with Crippen molar-refractivity contribution in [3.8, 4) is 0 Å². The highest BCUT2D eigenvalue weighted by molar-refractivity contribution is 8.13. The van der Waals surface area contributed by atoms with Crippen molar-refractivity contribution in [1.82, 2.24) is 0 Å². The molecule has 0 saturated carbocycles. The Hall–Kier alpha value is -1.81. The topological polar surface area (TPSA) is 47.3 Å². The van der Waals surface area contributed by atoms with E-state index < -0.39 is 0 Å². The van der Waals surface area contributed by atoms with Crippen molar-refractivity contribution in [2.24, 2.45) is 0 Å². The second kappa shape index (κ2) is 6.38. The average Bonchev–Trinajstić information content (AvgIpc) is 2.39. The molecule has 1 aromatic heterocycles. The first-order valence-electron chi connectivity index (χ1n) is 5.98. The molecule has 19 heavy (non-hydrogen) atoms. The van der Waals surface area contributed by atoms with Crippen molar-refractivity contribution in [3.05, 3.63) is 52.4 Å². The minimum Gasteiger partial charge on any atom is -0.464 e. The molecule has 0 N–H and O–H groups in total. The molecule has 0 unspecified atom stereocenters. The summed E-state index contributed by atoms with van der Waals surface area (Å²) in [4.78, 5) is 22.4. The van der Waals surface area contributed by atoms with E-state index in [1.807, 2.05) is 24.3 Å². The highest BCUT2D eigenvalue weighted by Crippen LogP contribution is 2.14. The number of hydrogen-bond donors (Lipinski definition) is 0. The number of rotatable bonds is 4. The van der Waals surface area contributed by atoms with Gasteiger partial charge in [0.15, 0.2) is 10.5 Å². The summed E-state index contributed by atoms with van der Waals surface area (Å²) in [5.74, 6) is 0.779. The van der Waals surface area contributed by atoms with Crippen LogP contribution in [0.4, 0.5) is 0 Å². The second-order valence-corrected chi connectivity index (χ2v) is 5.34. The summed E-state index contributed by atoms with van der Waals surface area (Å²) < 4.78 is 5.25. The normalized spacial score (nSPS) is 11.2. The molecule has 0 spiro atoms. The van der Waals surface area contributed by atoms with Crippen LogP contribution in [0.25, 0.3) is 17.0 Å². The predicted octanol–water partition coefficient (Wildman–Crippen LogP) is 3.48. The zero-order valence-electron chi connectivity index (χ0n) is 10.6. The molecule has 1 aromatic carbocycles. The van der Waals surface area contributed by atoms with Crippen molar-refractivity contribution in [3.63, 3.8) is 0 Å². The predicted molar refractivity (Wildman–Crippen MR) is 79.3 cm³/mol. The van der Waals surface area contributed by atoms with Gasteiger partial charge in [-0.05, 0) is 24.1 Å². The minimum atomic E-state index is -0.0383. The maximum absolute atomic E-state index is 11.7. The quantitative estimate of drug-likeness (QED) is 0.801. The monoisotopic (exact) mass is 274 g/mol.